The molecule has 38 heavy (non-hydrogen) atoms. The highest BCUT2D eigenvalue weighted by Gasteiger charge is 2.15. The molecule has 0 aliphatic carbocycles. The molecule has 3 aromatic rings. The first-order valence-corrected chi connectivity index (χ1v) is 12.2. The molecule has 0 atom stereocenters. The topological polar surface area (TPSA) is 129 Å². The van der Waals surface area contributed by atoms with Gasteiger partial charge < -0.3 is 5.21 Å². The Balaban J connectivity index is 0.000000308. The van der Waals surface area contributed by atoms with Crippen molar-refractivity contribution in [3.8, 4) is 0 Å². The number of nitrogens with one attached hydrogen (secondary N) is 2. The Labute approximate surface area is 224 Å². The van der Waals surface area contributed by atoms with Gasteiger partial charge in [0, 0.05) is 16.7 Å². The summed E-state index contributed by atoms with van der Waals surface area (Å²) in [6.07, 6.45) is 1.18. The molecule has 200 valence electrons. The van der Waals surface area contributed by atoms with Crippen molar-refractivity contribution in [2.75, 3.05) is 0 Å². The summed E-state index contributed by atoms with van der Waals surface area (Å²) in [6, 6.07) is 24.0. The lowest BCUT2D eigenvalue weighted by Gasteiger charge is -2.18. The van der Waals surface area contributed by atoms with Crippen molar-refractivity contribution in [3.05, 3.63) is 107 Å². The van der Waals surface area contributed by atoms with Gasteiger partial charge in [-0.15, -0.1) is 0 Å². The number of hydrazone groups is 1. The lowest BCUT2D eigenvalue weighted by atomic mass is 9.87. The van der Waals surface area contributed by atoms with Crippen LogP contribution in [-0.2, 0) is 10.8 Å². The van der Waals surface area contributed by atoms with E-state index in [0.717, 1.165) is 11.1 Å². The molecular formula is C30H37N5O3. The first kappa shape index (κ1) is 29.9. The molecule has 3 rings (SSSR count). The Kier molecular flexibility index (Phi) is 10.5. The number of rotatable bonds is 5. The molecule has 8 nitrogen and oxygen atoms in total. The lowest BCUT2D eigenvalue weighted by molar-refractivity contribution is 0.0946. The zero-order valence-electron chi connectivity index (χ0n) is 22.8. The van der Waals surface area contributed by atoms with Crippen LogP contribution in [0.3, 0.4) is 0 Å². The number of hydrazine groups is 1. The van der Waals surface area contributed by atoms with Crippen molar-refractivity contribution in [2.45, 2.75) is 52.4 Å². The van der Waals surface area contributed by atoms with Gasteiger partial charge >= 0.3 is 0 Å². The quantitative estimate of drug-likeness (QED) is 0.123. The Morgan fingerprint density at radius 3 is 1.55 bits per heavy atom. The van der Waals surface area contributed by atoms with E-state index in [2.05, 4.69) is 62.7 Å². The molecule has 0 fully saturated rings. The highest BCUT2D eigenvalue weighted by molar-refractivity contribution is 6.38. The lowest BCUT2D eigenvalue weighted by Crippen LogP contribution is -2.30. The highest BCUT2D eigenvalue weighted by Crippen LogP contribution is 2.23. The van der Waals surface area contributed by atoms with Crippen LogP contribution in [0.2, 0.25) is 0 Å². The molecular weight excluding hydrogens is 478 g/mol. The molecule has 0 saturated heterocycles. The first-order valence-electron chi connectivity index (χ1n) is 12.2. The summed E-state index contributed by atoms with van der Waals surface area (Å²) >= 11 is 0. The van der Waals surface area contributed by atoms with Crippen molar-refractivity contribution in [1.29, 1.82) is 0 Å². The van der Waals surface area contributed by atoms with E-state index in [1.807, 2.05) is 54.6 Å². The summed E-state index contributed by atoms with van der Waals surface area (Å²) in [5.41, 5.74) is 9.27. The number of hydrogen-bond acceptors (Lipinski definition) is 6. The largest absolute Gasteiger partial charge is 0.411 e. The number of nitrogen functional groups attached to an aromatic ring is 1. The number of hydrogen-bond donors (Lipinski definition) is 4. The Morgan fingerprint density at radius 2 is 1.16 bits per heavy atom. The second kappa shape index (κ2) is 13.3. The minimum atomic E-state index is -0.324. The van der Waals surface area contributed by atoms with E-state index in [0.29, 0.717) is 16.8 Å². The Hall–Kier alpha value is -4.30. The number of nitrogens with zero attached hydrogens (tertiary/aromatic N) is 2. The first-order chi connectivity index (χ1) is 17.9. The van der Waals surface area contributed by atoms with Crippen LogP contribution in [0.5, 0.6) is 0 Å². The van der Waals surface area contributed by atoms with Gasteiger partial charge in [-0.3, -0.25) is 15.0 Å². The van der Waals surface area contributed by atoms with Crippen LogP contribution in [0.25, 0.3) is 0 Å². The average molecular weight is 516 g/mol. The van der Waals surface area contributed by atoms with Gasteiger partial charge in [0.1, 0.15) is 5.71 Å². The summed E-state index contributed by atoms with van der Waals surface area (Å²) in [5, 5.41) is 15.8. The summed E-state index contributed by atoms with van der Waals surface area (Å²) in [7, 11) is 0. The zero-order chi connectivity index (χ0) is 28.3. The van der Waals surface area contributed by atoms with E-state index < -0.39 is 0 Å². The zero-order valence-corrected chi connectivity index (χ0v) is 22.8. The third-order valence-electron chi connectivity index (χ3n) is 5.68. The van der Waals surface area contributed by atoms with E-state index in [-0.39, 0.29) is 22.6 Å². The molecule has 0 saturated carbocycles. The molecule has 0 radical (unpaired) electrons. The van der Waals surface area contributed by atoms with E-state index in [4.69, 9.17) is 11.0 Å². The summed E-state index contributed by atoms with van der Waals surface area (Å²) in [4.78, 5) is 23.4. The number of amides is 2. The van der Waals surface area contributed by atoms with Crippen LogP contribution in [-0.4, -0.2) is 28.9 Å². The van der Waals surface area contributed by atoms with Crippen molar-refractivity contribution < 1.29 is 14.8 Å². The normalized spacial score (nSPS) is 11.9. The fourth-order valence-electron chi connectivity index (χ4n) is 3.33. The monoisotopic (exact) mass is 515 g/mol. The van der Waals surface area contributed by atoms with Crippen LogP contribution in [0.4, 0.5) is 0 Å². The standard InChI is InChI=1S/C19H21N3O2.C11H16N2O/c1-19(2,3)16-11-9-15(10-12-16)18(23)22-21-17(13-20-24)14-7-5-4-6-8-14;1-11(2,3)9-6-4-8(5-7-9)10(14)13-12/h4-13,24H,1-3H3,(H,22,23);4-7H,12H2,1-3H3,(H,13,14). The minimum absolute atomic E-state index is 0.0330. The van der Waals surface area contributed by atoms with Crippen LogP contribution in [0, 0.1) is 0 Å². The molecule has 0 heterocycles. The van der Waals surface area contributed by atoms with Crippen molar-refractivity contribution in [2.24, 2.45) is 16.1 Å². The van der Waals surface area contributed by atoms with E-state index in [1.165, 1.54) is 11.8 Å². The van der Waals surface area contributed by atoms with Gasteiger partial charge in [-0.1, -0.05) is 101 Å². The molecule has 5 N–H and O–H groups in total. The van der Waals surface area contributed by atoms with Crippen LogP contribution < -0.4 is 16.7 Å². The van der Waals surface area contributed by atoms with Gasteiger partial charge in [0.2, 0.25) is 0 Å². The fraction of sp³-hybridized carbons (Fsp3) is 0.267. The van der Waals surface area contributed by atoms with Gasteiger partial charge in [0.15, 0.2) is 0 Å². The molecule has 0 aromatic heterocycles. The SMILES string of the molecule is CC(C)(C)c1ccc(C(=O)NN)cc1.CC(C)(C)c1ccc(C(=O)NN=C(C=NO)c2ccccc2)cc1. The number of oxime groups is 1. The van der Waals surface area contributed by atoms with Crippen molar-refractivity contribution in [1.82, 2.24) is 10.9 Å². The smallest absolute Gasteiger partial charge is 0.271 e. The molecule has 0 aliphatic rings. The Morgan fingerprint density at radius 1 is 0.711 bits per heavy atom. The maximum Gasteiger partial charge on any atom is 0.271 e. The summed E-state index contributed by atoms with van der Waals surface area (Å²) < 4.78 is 0. The van der Waals surface area contributed by atoms with Crippen LogP contribution >= 0.6 is 0 Å². The molecule has 8 heteroatoms. The molecule has 0 spiro atoms. The van der Waals surface area contributed by atoms with Gasteiger partial charge in [0.05, 0.1) is 6.21 Å². The second-order valence-electron chi connectivity index (χ2n) is 10.7. The summed E-state index contributed by atoms with van der Waals surface area (Å²) in [5.74, 6) is 4.45. The maximum absolute atomic E-state index is 12.2. The number of nitrogens with two attached hydrogens (primary N) is 1. The highest BCUT2D eigenvalue weighted by atomic mass is 16.4. The predicted octanol–water partition coefficient (Wildman–Crippen LogP) is 5.17. The minimum Gasteiger partial charge on any atom is -0.411 e. The van der Waals surface area contributed by atoms with E-state index in [9.17, 15) is 9.59 Å². The van der Waals surface area contributed by atoms with Gasteiger partial charge in [0.25, 0.3) is 11.8 Å². The van der Waals surface area contributed by atoms with Crippen molar-refractivity contribution in [3.63, 3.8) is 0 Å². The fourth-order valence-corrected chi connectivity index (χ4v) is 3.33. The average Bonchev–Trinajstić information content (AvgIpc) is 2.90. The Bertz CT molecular complexity index is 1250. The maximum atomic E-state index is 12.2. The molecule has 3 aromatic carbocycles. The van der Waals surface area contributed by atoms with E-state index >= 15 is 0 Å². The molecule has 2 amide bonds. The third-order valence-corrected chi connectivity index (χ3v) is 5.68. The predicted molar refractivity (Wildman–Crippen MR) is 153 cm³/mol. The molecule has 0 unspecified atom stereocenters. The van der Waals surface area contributed by atoms with Gasteiger partial charge in [-0.05, 0) is 46.2 Å². The molecule has 0 bridgehead atoms. The number of benzene rings is 3. The second-order valence-corrected chi connectivity index (χ2v) is 10.7. The van der Waals surface area contributed by atoms with Crippen molar-refractivity contribution >= 4 is 23.7 Å². The third kappa shape index (κ3) is 8.97. The van der Waals surface area contributed by atoms with E-state index in [1.54, 1.807) is 24.3 Å². The van der Waals surface area contributed by atoms with Gasteiger partial charge in [-0.25, -0.2) is 11.3 Å². The number of carbonyl (C=O) groups is 2. The summed E-state index contributed by atoms with van der Waals surface area (Å²) in [6.45, 7) is 12.7. The van der Waals surface area contributed by atoms with Crippen LogP contribution in [0.15, 0.2) is 89.1 Å². The molecule has 0 aliphatic heterocycles. The van der Waals surface area contributed by atoms with Crippen LogP contribution in [0.1, 0.15) is 78.9 Å². The number of carbonyl (C=O) groups excluding carboxylic acids is 2. The van der Waals surface area contributed by atoms with Gasteiger partial charge in [-0.2, -0.15) is 5.10 Å².